The van der Waals surface area contributed by atoms with Gasteiger partial charge >= 0.3 is 11.9 Å². The maximum Gasteiger partial charge on any atom is 0.338 e. The van der Waals surface area contributed by atoms with Gasteiger partial charge in [-0.1, -0.05) is 115 Å². The Bertz CT molecular complexity index is 1910. The van der Waals surface area contributed by atoms with Crippen LogP contribution < -0.4 is 0 Å². The number of esters is 2. The Kier molecular flexibility index (Phi) is 10.0. The Morgan fingerprint density at radius 3 is 1.04 bits per heavy atom. The lowest BCUT2D eigenvalue weighted by atomic mass is 9.83. The van der Waals surface area contributed by atoms with E-state index in [1.165, 1.54) is 0 Å². The highest BCUT2D eigenvalue weighted by Gasteiger charge is 2.19. The SMILES string of the molecule is CCOC(=O)c1ccc(-c2cc(C(=C(c3ccccc3)c3ccccc3)c3ccccc3)cc(-c3ccc(C(=O)OCC)cc3)c2)cc1. The fourth-order valence-electron chi connectivity index (χ4n) is 5.86. The predicted octanol–water partition coefficient (Wildman–Crippen LogP) is 10.4. The fourth-order valence-corrected chi connectivity index (χ4v) is 5.86. The van der Waals surface area contributed by atoms with Gasteiger partial charge in [0.1, 0.15) is 0 Å². The van der Waals surface area contributed by atoms with Gasteiger partial charge in [0.25, 0.3) is 0 Å². The molecule has 6 aromatic carbocycles. The van der Waals surface area contributed by atoms with Gasteiger partial charge in [-0.25, -0.2) is 9.59 Å². The quantitative estimate of drug-likeness (QED) is 0.112. The minimum absolute atomic E-state index is 0.320. The Morgan fingerprint density at radius 2 is 0.708 bits per heavy atom. The zero-order valence-corrected chi connectivity index (χ0v) is 27.1. The molecule has 0 saturated carbocycles. The molecule has 0 spiro atoms. The molecule has 0 heterocycles. The molecule has 0 unspecified atom stereocenters. The van der Waals surface area contributed by atoms with E-state index in [4.69, 9.17) is 9.47 Å². The second-order valence-electron chi connectivity index (χ2n) is 11.2. The van der Waals surface area contributed by atoms with Gasteiger partial charge in [0.15, 0.2) is 0 Å². The van der Waals surface area contributed by atoms with Crippen molar-refractivity contribution in [2.45, 2.75) is 13.8 Å². The average molecular weight is 629 g/mol. The molecule has 0 atom stereocenters. The van der Waals surface area contributed by atoms with Crippen molar-refractivity contribution in [1.82, 2.24) is 0 Å². The third-order valence-corrected chi connectivity index (χ3v) is 8.12. The minimum Gasteiger partial charge on any atom is -0.462 e. The largest absolute Gasteiger partial charge is 0.462 e. The molecular weight excluding hydrogens is 592 g/mol. The number of hydrogen-bond acceptors (Lipinski definition) is 4. The first-order valence-corrected chi connectivity index (χ1v) is 16.2. The number of carbonyl (C=O) groups excluding carboxylic acids is 2. The highest BCUT2D eigenvalue weighted by Crippen LogP contribution is 2.40. The van der Waals surface area contributed by atoms with Crippen LogP contribution in [0.2, 0.25) is 0 Å². The predicted molar refractivity (Wildman–Crippen MR) is 194 cm³/mol. The Balaban J connectivity index is 1.62. The summed E-state index contributed by atoms with van der Waals surface area (Å²) >= 11 is 0. The Hall–Kier alpha value is -6.00. The van der Waals surface area contributed by atoms with E-state index in [2.05, 4.69) is 91.0 Å². The van der Waals surface area contributed by atoms with Gasteiger partial charge in [0.2, 0.25) is 0 Å². The maximum atomic E-state index is 12.4. The first-order chi connectivity index (χ1) is 23.6. The number of benzene rings is 6. The topological polar surface area (TPSA) is 52.6 Å². The number of ether oxygens (including phenoxy) is 2. The van der Waals surface area contributed by atoms with E-state index < -0.39 is 0 Å². The van der Waals surface area contributed by atoms with Crippen LogP contribution in [0.3, 0.4) is 0 Å². The van der Waals surface area contributed by atoms with Crippen LogP contribution in [-0.4, -0.2) is 25.2 Å². The third kappa shape index (κ3) is 7.19. The fraction of sp³-hybridized carbons (Fsp3) is 0.0909. The summed E-state index contributed by atoms with van der Waals surface area (Å²) in [6.45, 7) is 4.24. The van der Waals surface area contributed by atoms with Crippen molar-refractivity contribution in [2.75, 3.05) is 13.2 Å². The van der Waals surface area contributed by atoms with Crippen LogP contribution in [0.1, 0.15) is 56.8 Å². The van der Waals surface area contributed by atoms with Crippen LogP contribution in [-0.2, 0) is 9.47 Å². The zero-order chi connectivity index (χ0) is 33.3. The summed E-state index contributed by atoms with van der Waals surface area (Å²) in [6, 6.07) is 53.0. The van der Waals surface area contributed by atoms with Crippen molar-refractivity contribution >= 4 is 23.1 Å². The second kappa shape index (κ2) is 15.1. The smallest absolute Gasteiger partial charge is 0.338 e. The first-order valence-electron chi connectivity index (χ1n) is 16.2. The van der Waals surface area contributed by atoms with Crippen LogP contribution in [0.25, 0.3) is 33.4 Å². The van der Waals surface area contributed by atoms with Gasteiger partial charge in [-0.05, 0) is 112 Å². The third-order valence-electron chi connectivity index (χ3n) is 8.12. The summed E-state index contributed by atoms with van der Waals surface area (Å²) in [7, 11) is 0. The highest BCUT2D eigenvalue weighted by atomic mass is 16.5. The van der Waals surface area contributed by atoms with Crippen LogP contribution in [0.15, 0.2) is 158 Å². The second-order valence-corrected chi connectivity index (χ2v) is 11.2. The average Bonchev–Trinajstić information content (AvgIpc) is 3.15. The highest BCUT2D eigenvalue weighted by molar-refractivity contribution is 6.05. The van der Waals surface area contributed by atoms with E-state index in [9.17, 15) is 9.59 Å². The van der Waals surface area contributed by atoms with Crippen molar-refractivity contribution in [1.29, 1.82) is 0 Å². The van der Waals surface area contributed by atoms with Crippen molar-refractivity contribution in [3.63, 3.8) is 0 Å². The van der Waals surface area contributed by atoms with E-state index in [-0.39, 0.29) is 11.9 Å². The molecule has 0 bridgehead atoms. The molecule has 0 aliphatic carbocycles. The molecule has 48 heavy (non-hydrogen) atoms. The molecule has 0 aliphatic rings. The monoisotopic (exact) mass is 628 g/mol. The van der Waals surface area contributed by atoms with E-state index in [0.29, 0.717) is 24.3 Å². The van der Waals surface area contributed by atoms with E-state index in [0.717, 1.165) is 55.7 Å². The van der Waals surface area contributed by atoms with Crippen molar-refractivity contribution < 1.29 is 19.1 Å². The van der Waals surface area contributed by atoms with Crippen LogP contribution in [0.5, 0.6) is 0 Å². The molecule has 4 heteroatoms. The molecule has 6 aromatic rings. The maximum absolute atomic E-state index is 12.4. The van der Waals surface area contributed by atoms with Gasteiger partial charge in [-0.3, -0.25) is 0 Å². The first kappa shape index (κ1) is 32.0. The zero-order valence-electron chi connectivity index (χ0n) is 27.1. The Morgan fingerprint density at radius 1 is 0.375 bits per heavy atom. The molecule has 236 valence electrons. The lowest BCUT2D eigenvalue weighted by Crippen LogP contribution is -2.04. The number of carbonyl (C=O) groups is 2. The number of hydrogen-bond donors (Lipinski definition) is 0. The van der Waals surface area contributed by atoms with Crippen molar-refractivity contribution in [3.05, 3.63) is 191 Å². The molecule has 0 fully saturated rings. The molecule has 4 nitrogen and oxygen atoms in total. The van der Waals surface area contributed by atoms with Crippen molar-refractivity contribution in [3.8, 4) is 22.3 Å². The molecule has 6 rings (SSSR count). The lowest BCUT2D eigenvalue weighted by molar-refractivity contribution is 0.0517. The van der Waals surface area contributed by atoms with E-state index in [1.54, 1.807) is 38.1 Å². The van der Waals surface area contributed by atoms with Crippen LogP contribution in [0.4, 0.5) is 0 Å². The van der Waals surface area contributed by atoms with E-state index >= 15 is 0 Å². The summed E-state index contributed by atoms with van der Waals surface area (Å²) in [6.07, 6.45) is 0. The van der Waals surface area contributed by atoms with Crippen LogP contribution >= 0.6 is 0 Å². The van der Waals surface area contributed by atoms with Gasteiger partial charge in [-0.15, -0.1) is 0 Å². The standard InChI is InChI=1S/C44H36O4/c1-3-47-43(45)36-24-20-31(21-25-36)38-28-39(32-22-26-37(27-23-32)44(46)48-4-2)30-40(29-38)42(35-18-12-7-13-19-35)41(33-14-8-5-9-15-33)34-16-10-6-11-17-34/h5-30H,3-4H2,1-2H3. The van der Waals surface area contributed by atoms with E-state index in [1.807, 2.05) is 42.5 Å². The normalized spacial score (nSPS) is 10.6. The van der Waals surface area contributed by atoms with Gasteiger partial charge < -0.3 is 9.47 Å². The summed E-state index contributed by atoms with van der Waals surface area (Å²) in [4.78, 5) is 24.9. The molecule has 0 radical (unpaired) electrons. The molecule has 0 N–H and O–H groups in total. The molecular formula is C44H36O4. The molecule has 0 saturated heterocycles. The summed E-state index contributed by atoms with van der Waals surface area (Å²) in [5.74, 6) is -0.685. The van der Waals surface area contributed by atoms with Gasteiger partial charge in [-0.2, -0.15) is 0 Å². The summed E-state index contributed by atoms with van der Waals surface area (Å²) in [5, 5.41) is 0. The van der Waals surface area contributed by atoms with Gasteiger partial charge in [0.05, 0.1) is 24.3 Å². The minimum atomic E-state index is -0.343. The summed E-state index contributed by atoms with van der Waals surface area (Å²) in [5.41, 5.74) is 11.4. The lowest BCUT2D eigenvalue weighted by Gasteiger charge is -2.20. The van der Waals surface area contributed by atoms with Crippen LogP contribution in [0, 0.1) is 0 Å². The molecule has 0 aromatic heterocycles. The molecule has 0 amide bonds. The summed E-state index contributed by atoms with van der Waals surface area (Å²) < 4.78 is 10.4. The van der Waals surface area contributed by atoms with Crippen molar-refractivity contribution in [2.24, 2.45) is 0 Å². The molecule has 0 aliphatic heterocycles. The Labute approximate surface area is 281 Å². The van der Waals surface area contributed by atoms with Gasteiger partial charge in [0, 0.05) is 0 Å². The number of rotatable bonds is 10.